The van der Waals surface area contributed by atoms with Crippen molar-refractivity contribution in [3.63, 3.8) is 0 Å². The van der Waals surface area contributed by atoms with E-state index >= 15 is 0 Å². The van der Waals surface area contributed by atoms with Gasteiger partial charge in [0.25, 0.3) is 5.91 Å². The number of nitrogens with one attached hydrogen (secondary N) is 2. The summed E-state index contributed by atoms with van der Waals surface area (Å²) in [4.78, 5) is 44.3. The van der Waals surface area contributed by atoms with Crippen LogP contribution in [-0.2, 0) is 21.2 Å². The quantitative estimate of drug-likeness (QED) is 0.238. The molecule has 4 aromatic rings. The number of rotatable bonds is 9. The van der Waals surface area contributed by atoms with Crippen LogP contribution in [0.3, 0.4) is 0 Å². The molecule has 2 aromatic carbocycles. The molecule has 5 aliphatic rings. The predicted molar refractivity (Wildman–Crippen MR) is 182 cm³/mol. The van der Waals surface area contributed by atoms with Crippen molar-refractivity contribution in [1.29, 1.82) is 0 Å². The van der Waals surface area contributed by atoms with Gasteiger partial charge in [0.2, 0.25) is 15.9 Å². The molecule has 0 saturated heterocycles. The summed E-state index contributed by atoms with van der Waals surface area (Å²) in [5.74, 6) is 0.791. The minimum Gasteiger partial charge on any atom is -0.437 e. The Balaban J connectivity index is 1.04. The summed E-state index contributed by atoms with van der Waals surface area (Å²) >= 11 is 0. The fourth-order valence-electron chi connectivity index (χ4n) is 8.80. The molecule has 5 saturated carbocycles. The van der Waals surface area contributed by atoms with Gasteiger partial charge in [-0.2, -0.15) is 0 Å². The molecule has 9 rings (SSSR count). The van der Waals surface area contributed by atoms with Crippen molar-refractivity contribution in [3.8, 4) is 11.6 Å². The second-order valence-corrected chi connectivity index (χ2v) is 16.1. The fourth-order valence-corrected chi connectivity index (χ4v) is 10.6. The molecule has 1 amide bonds. The Morgan fingerprint density at radius 1 is 0.959 bits per heavy atom. The van der Waals surface area contributed by atoms with Gasteiger partial charge in [0.1, 0.15) is 0 Å². The third-order valence-electron chi connectivity index (χ3n) is 10.8. The average molecular weight is 683 g/mol. The third kappa shape index (κ3) is 5.90. The number of carbonyl (C=O) groups excluding carboxylic acids is 2. The van der Waals surface area contributed by atoms with E-state index in [2.05, 4.69) is 15.0 Å². The van der Waals surface area contributed by atoms with Crippen LogP contribution >= 0.6 is 0 Å². The van der Waals surface area contributed by atoms with E-state index in [1.807, 2.05) is 30.3 Å². The Morgan fingerprint density at radius 2 is 1.67 bits per heavy atom. The molecule has 2 aromatic heterocycles. The van der Waals surface area contributed by atoms with Crippen LogP contribution in [0.1, 0.15) is 66.4 Å². The highest BCUT2D eigenvalue weighted by atomic mass is 32.2. The number of fused-ring (bicyclic) bond motifs is 1. The molecule has 49 heavy (non-hydrogen) atoms. The number of para-hydroxylation sites is 1. The highest BCUT2D eigenvalue weighted by Gasteiger charge is 2.57. The Bertz CT molecular complexity index is 2100. The van der Waals surface area contributed by atoms with Crippen molar-refractivity contribution in [3.05, 3.63) is 99.8 Å². The molecule has 0 spiro atoms. The zero-order valence-electron chi connectivity index (χ0n) is 27.1. The number of hydrogen-bond donors (Lipinski definition) is 2. The maximum atomic E-state index is 13.9. The van der Waals surface area contributed by atoms with Gasteiger partial charge in [0.05, 0.1) is 29.0 Å². The average Bonchev–Trinajstić information content (AvgIpc) is 3.95. The molecule has 0 aliphatic heterocycles. The summed E-state index contributed by atoms with van der Waals surface area (Å²) < 4.78 is 41.0. The second-order valence-electron chi connectivity index (χ2n) is 14.2. The lowest BCUT2D eigenvalue weighted by Crippen LogP contribution is -2.66. The van der Waals surface area contributed by atoms with Gasteiger partial charge in [-0.15, -0.1) is 0 Å². The van der Waals surface area contributed by atoms with Gasteiger partial charge in [0, 0.05) is 29.8 Å². The Morgan fingerprint density at radius 3 is 2.35 bits per heavy atom. The molecule has 4 bridgehead atoms. The van der Waals surface area contributed by atoms with Crippen molar-refractivity contribution in [2.24, 2.45) is 17.8 Å². The monoisotopic (exact) mass is 682 g/mol. The lowest BCUT2D eigenvalue weighted by molar-refractivity contribution is -0.0348. The van der Waals surface area contributed by atoms with Gasteiger partial charge < -0.3 is 14.8 Å². The van der Waals surface area contributed by atoms with Crippen LogP contribution in [0, 0.1) is 17.8 Å². The van der Waals surface area contributed by atoms with E-state index in [1.165, 1.54) is 7.11 Å². The van der Waals surface area contributed by atoms with E-state index in [-0.39, 0.29) is 57.9 Å². The second kappa shape index (κ2) is 12.1. The number of ether oxygens (including phenoxy) is 2. The van der Waals surface area contributed by atoms with Crippen molar-refractivity contribution in [2.45, 2.75) is 68.2 Å². The van der Waals surface area contributed by atoms with Crippen LogP contribution in [0.2, 0.25) is 0 Å². The van der Waals surface area contributed by atoms with Gasteiger partial charge in [-0.3, -0.25) is 14.2 Å². The summed E-state index contributed by atoms with van der Waals surface area (Å²) in [5.41, 5.74) is 1.76. The number of amides is 1. The van der Waals surface area contributed by atoms with Crippen molar-refractivity contribution in [2.75, 3.05) is 7.11 Å². The number of sulfonamides is 1. The lowest BCUT2D eigenvalue weighted by Gasteiger charge is -2.60. The van der Waals surface area contributed by atoms with Gasteiger partial charge >= 0.3 is 6.16 Å². The number of hydrogen-bond acceptors (Lipinski definition) is 8. The lowest BCUT2D eigenvalue weighted by atomic mass is 9.51. The van der Waals surface area contributed by atoms with E-state index in [0.29, 0.717) is 28.2 Å². The van der Waals surface area contributed by atoms with Gasteiger partial charge in [-0.25, -0.2) is 22.9 Å². The van der Waals surface area contributed by atoms with E-state index in [1.54, 1.807) is 47.2 Å². The molecular weight excluding hydrogens is 644 g/mol. The normalized spacial score (nSPS) is 25.7. The number of aromatic nitrogens is 2. The van der Waals surface area contributed by atoms with Crippen LogP contribution < -0.4 is 20.2 Å². The molecule has 12 heteroatoms. The largest absolute Gasteiger partial charge is 0.514 e. The maximum Gasteiger partial charge on any atom is 0.514 e. The van der Waals surface area contributed by atoms with E-state index < -0.39 is 16.2 Å². The number of nitrogens with zero attached hydrogens (tertiary/aromatic N) is 2. The molecule has 5 fully saturated rings. The van der Waals surface area contributed by atoms with Crippen LogP contribution in [0.15, 0.2) is 77.7 Å². The smallest absolute Gasteiger partial charge is 0.437 e. The summed E-state index contributed by atoms with van der Waals surface area (Å²) in [6.45, 7) is 0. The highest BCUT2D eigenvalue weighted by Crippen LogP contribution is 2.56. The Hall–Kier alpha value is -4.55. The van der Waals surface area contributed by atoms with E-state index in [9.17, 15) is 22.8 Å². The van der Waals surface area contributed by atoms with Crippen molar-refractivity contribution >= 4 is 33.1 Å². The number of carbonyl (C=O) groups is 2. The zero-order chi connectivity index (χ0) is 33.9. The first kappa shape index (κ1) is 31.7. The molecule has 5 atom stereocenters. The Labute approximate surface area is 284 Å². The van der Waals surface area contributed by atoms with Crippen molar-refractivity contribution in [1.82, 2.24) is 19.6 Å². The van der Waals surface area contributed by atoms with Crippen LogP contribution in [0.25, 0.3) is 16.7 Å². The predicted octanol–water partition coefficient (Wildman–Crippen LogP) is 4.88. The summed E-state index contributed by atoms with van der Waals surface area (Å²) in [6.07, 6.45) is 6.63. The molecule has 11 nitrogen and oxygen atoms in total. The summed E-state index contributed by atoms with van der Waals surface area (Å²) in [6, 6.07) is 19.7. The first-order valence-corrected chi connectivity index (χ1v) is 18.4. The van der Waals surface area contributed by atoms with Gasteiger partial charge in [-0.05, 0) is 105 Å². The topological polar surface area (TPSA) is 146 Å². The molecule has 3 unspecified atom stereocenters. The van der Waals surface area contributed by atoms with Crippen LogP contribution in [0.4, 0.5) is 4.79 Å². The molecule has 2 heterocycles. The standard InChI is InChI=1S/C37H38N4O7S/c1-47-36(44)48-35-30(32(42)29-8-5-15-38-33(29)41(35)27-6-3-2-4-7-27)18-22-9-11-24(12-10-22)34(43)39-31-25-16-23-17-26(31)21-37(19-23,20-25)40-49(45,46)28-13-14-28/h2-12,15,23,25-26,28,31,40H,13-14,16-21H2,1H3,(H,39,43)/t23?,25-,26+,31?,37?. The molecule has 254 valence electrons. The molecule has 0 radical (unpaired) electrons. The van der Waals surface area contributed by atoms with E-state index in [4.69, 9.17) is 9.47 Å². The van der Waals surface area contributed by atoms with Crippen molar-refractivity contribution < 1.29 is 27.5 Å². The van der Waals surface area contributed by atoms with Crippen LogP contribution in [-0.4, -0.2) is 54.0 Å². The summed E-state index contributed by atoms with van der Waals surface area (Å²) in [5, 5.41) is 3.43. The number of methoxy groups -OCH3 is 1. The number of benzene rings is 2. The third-order valence-corrected chi connectivity index (χ3v) is 12.9. The Kier molecular flexibility index (Phi) is 7.83. The number of pyridine rings is 2. The summed E-state index contributed by atoms with van der Waals surface area (Å²) in [7, 11) is -2.09. The van der Waals surface area contributed by atoms with Gasteiger partial charge in [-0.1, -0.05) is 30.3 Å². The minimum atomic E-state index is -3.29. The fraction of sp³-hybridized carbons (Fsp3) is 0.405. The molecule has 5 aliphatic carbocycles. The van der Waals surface area contributed by atoms with Gasteiger partial charge in [0.15, 0.2) is 11.1 Å². The zero-order valence-corrected chi connectivity index (χ0v) is 27.9. The first-order valence-electron chi connectivity index (χ1n) is 16.9. The molecular formula is C37H38N4O7S. The molecule has 2 N–H and O–H groups in total. The maximum absolute atomic E-state index is 13.9. The first-order chi connectivity index (χ1) is 23.6. The van der Waals surface area contributed by atoms with E-state index in [0.717, 1.165) is 50.5 Å². The minimum absolute atomic E-state index is 0.00275. The highest BCUT2D eigenvalue weighted by molar-refractivity contribution is 7.90. The van der Waals surface area contributed by atoms with Crippen LogP contribution in [0.5, 0.6) is 5.88 Å². The SMILES string of the molecule is COC(=O)Oc1c(Cc2ccc(C(=O)NC3[C@@H]4CC5C[C@H]3CC(NS(=O)(=O)C3CC3)(C5)C4)cc2)c(=O)c2cccnc2n1-c1ccccc1.